The van der Waals surface area contributed by atoms with Gasteiger partial charge in [0.05, 0.1) is 0 Å². The molecule has 0 radical (unpaired) electrons. The van der Waals surface area contributed by atoms with Gasteiger partial charge in [-0.3, -0.25) is 4.79 Å². The van der Waals surface area contributed by atoms with Gasteiger partial charge in [0.1, 0.15) is 0 Å². The van der Waals surface area contributed by atoms with E-state index in [1.165, 1.54) is 0 Å². The van der Waals surface area contributed by atoms with Gasteiger partial charge in [0.2, 0.25) is 0 Å². The average Bonchev–Trinajstić information content (AvgIpc) is 2.01. The molecule has 0 aromatic rings. The van der Waals surface area contributed by atoms with Gasteiger partial charge in [0.15, 0.2) is 0 Å². The Kier molecular flexibility index (Phi) is 6.28. The van der Waals surface area contributed by atoms with Gasteiger partial charge in [-0.25, -0.2) is 0 Å². The number of carboxylic acids is 1. The summed E-state index contributed by atoms with van der Waals surface area (Å²) in [7, 11) is 0. The van der Waals surface area contributed by atoms with E-state index in [4.69, 9.17) is 5.11 Å². The molecule has 2 N–H and O–H groups in total. The molecule has 0 spiro atoms. The van der Waals surface area contributed by atoms with E-state index in [1.807, 2.05) is 19.1 Å². The third-order valence-electron chi connectivity index (χ3n) is 1.26. The van der Waals surface area contributed by atoms with Crippen molar-refractivity contribution in [2.24, 2.45) is 0 Å². The molecule has 0 saturated carbocycles. The van der Waals surface area contributed by atoms with Crippen molar-refractivity contribution in [3.63, 3.8) is 0 Å². The SMILES string of the molecule is C/C=C\C(=C/NS)CCC(=O)O. The second-order valence-corrected chi connectivity index (χ2v) is 2.50. The molecule has 0 heterocycles. The zero-order valence-electron chi connectivity index (χ0n) is 6.95. The average molecular weight is 187 g/mol. The monoisotopic (exact) mass is 187 g/mol. The van der Waals surface area contributed by atoms with E-state index in [0.717, 1.165) is 5.57 Å². The molecule has 68 valence electrons. The van der Waals surface area contributed by atoms with E-state index in [0.29, 0.717) is 6.42 Å². The Morgan fingerprint density at radius 3 is 2.67 bits per heavy atom. The van der Waals surface area contributed by atoms with Crippen molar-refractivity contribution in [2.45, 2.75) is 19.8 Å². The topological polar surface area (TPSA) is 49.3 Å². The minimum atomic E-state index is -0.787. The predicted octanol–water partition coefficient (Wildman–Crippen LogP) is 1.75. The molecule has 0 atom stereocenters. The molecule has 0 aliphatic carbocycles. The number of carboxylic acid groups (broad SMARTS) is 1. The third kappa shape index (κ3) is 5.85. The smallest absolute Gasteiger partial charge is 0.303 e. The minimum absolute atomic E-state index is 0.144. The molecule has 0 rings (SSSR count). The fourth-order valence-electron chi connectivity index (χ4n) is 0.752. The summed E-state index contributed by atoms with van der Waals surface area (Å²) in [5.41, 5.74) is 0.926. The van der Waals surface area contributed by atoms with Crippen LogP contribution in [0.1, 0.15) is 19.8 Å². The summed E-state index contributed by atoms with van der Waals surface area (Å²) < 4.78 is 2.56. The summed E-state index contributed by atoms with van der Waals surface area (Å²) in [6, 6.07) is 0. The number of carbonyl (C=O) groups is 1. The molecule has 0 saturated heterocycles. The largest absolute Gasteiger partial charge is 0.481 e. The Morgan fingerprint density at radius 2 is 2.25 bits per heavy atom. The van der Waals surface area contributed by atoms with Crippen molar-refractivity contribution >= 4 is 18.8 Å². The lowest BCUT2D eigenvalue weighted by Gasteiger charge is -1.98. The number of allylic oxidation sites excluding steroid dienone is 3. The fraction of sp³-hybridized carbons (Fsp3) is 0.375. The van der Waals surface area contributed by atoms with Gasteiger partial charge in [-0.05, 0) is 18.9 Å². The van der Waals surface area contributed by atoms with Crippen LogP contribution in [-0.2, 0) is 4.79 Å². The van der Waals surface area contributed by atoms with Gasteiger partial charge in [-0.15, -0.1) is 0 Å². The van der Waals surface area contributed by atoms with Crippen LogP contribution in [0.5, 0.6) is 0 Å². The van der Waals surface area contributed by atoms with Crippen LogP contribution in [0, 0.1) is 0 Å². The first-order valence-electron chi connectivity index (χ1n) is 3.64. The minimum Gasteiger partial charge on any atom is -0.481 e. The van der Waals surface area contributed by atoms with Gasteiger partial charge < -0.3 is 9.83 Å². The first-order valence-corrected chi connectivity index (χ1v) is 4.08. The Balaban J connectivity index is 3.96. The zero-order chi connectivity index (χ0) is 9.40. The summed E-state index contributed by atoms with van der Waals surface area (Å²) in [6.07, 6.45) is 6.05. The Bertz CT molecular complexity index is 199. The van der Waals surface area contributed by atoms with Crippen LogP contribution in [0.3, 0.4) is 0 Å². The third-order valence-corrected chi connectivity index (χ3v) is 1.39. The van der Waals surface area contributed by atoms with Crippen LogP contribution in [0.2, 0.25) is 0 Å². The van der Waals surface area contributed by atoms with Crippen LogP contribution in [-0.4, -0.2) is 11.1 Å². The van der Waals surface area contributed by atoms with Gasteiger partial charge in [-0.2, -0.15) is 0 Å². The van der Waals surface area contributed by atoms with Crippen LogP contribution in [0.25, 0.3) is 0 Å². The van der Waals surface area contributed by atoms with Crippen LogP contribution < -0.4 is 4.72 Å². The van der Waals surface area contributed by atoms with Crippen molar-refractivity contribution in [3.05, 3.63) is 23.9 Å². The lowest BCUT2D eigenvalue weighted by molar-refractivity contribution is -0.136. The second kappa shape index (κ2) is 6.79. The van der Waals surface area contributed by atoms with Crippen LogP contribution in [0.15, 0.2) is 23.9 Å². The van der Waals surface area contributed by atoms with Crippen molar-refractivity contribution in [1.82, 2.24) is 4.72 Å². The summed E-state index contributed by atoms with van der Waals surface area (Å²) in [6.45, 7) is 1.88. The summed E-state index contributed by atoms with van der Waals surface area (Å²) in [5, 5.41) is 8.41. The maximum absolute atomic E-state index is 10.2. The number of hydrogen-bond donors (Lipinski definition) is 3. The van der Waals surface area contributed by atoms with E-state index in [2.05, 4.69) is 17.5 Å². The summed E-state index contributed by atoms with van der Waals surface area (Å²) in [4.78, 5) is 10.2. The van der Waals surface area contributed by atoms with Crippen molar-refractivity contribution in [2.75, 3.05) is 0 Å². The highest BCUT2D eigenvalue weighted by molar-refractivity contribution is 7.78. The predicted molar refractivity (Wildman–Crippen MR) is 51.9 cm³/mol. The Labute approximate surface area is 77.7 Å². The van der Waals surface area contributed by atoms with E-state index >= 15 is 0 Å². The van der Waals surface area contributed by atoms with Crippen molar-refractivity contribution in [1.29, 1.82) is 0 Å². The highest BCUT2D eigenvalue weighted by atomic mass is 32.1. The molecule has 4 heteroatoms. The molecule has 3 nitrogen and oxygen atoms in total. The molecule has 0 fully saturated rings. The first kappa shape index (κ1) is 11.1. The molecule has 0 aromatic carbocycles. The number of thiol groups is 1. The number of rotatable bonds is 5. The lowest BCUT2D eigenvalue weighted by atomic mass is 10.1. The van der Waals surface area contributed by atoms with E-state index in [-0.39, 0.29) is 6.42 Å². The van der Waals surface area contributed by atoms with Gasteiger partial charge in [0, 0.05) is 12.6 Å². The highest BCUT2D eigenvalue weighted by Gasteiger charge is 1.98. The Hall–Kier alpha value is -0.900. The molecule has 0 bridgehead atoms. The Morgan fingerprint density at radius 1 is 1.58 bits per heavy atom. The second-order valence-electron chi connectivity index (χ2n) is 2.24. The van der Waals surface area contributed by atoms with Gasteiger partial charge in [-0.1, -0.05) is 25.0 Å². The maximum Gasteiger partial charge on any atom is 0.303 e. The van der Waals surface area contributed by atoms with Crippen LogP contribution in [0.4, 0.5) is 0 Å². The number of hydrogen-bond acceptors (Lipinski definition) is 3. The summed E-state index contributed by atoms with van der Waals surface area (Å²) >= 11 is 3.79. The quantitative estimate of drug-likeness (QED) is 0.454. The molecule has 0 aromatic heterocycles. The number of aliphatic carboxylic acids is 1. The highest BCUT2D eigenvalue weighted by Crippen LogP contribution is 2.05. The standard InChI is InChI=1S/C8H13NO2S/c1-2-3-7(6-9-12)4-5-8(10)11/h2-3,6,9,12H,4-5H2,1H3,(H,10,11)/b3-2-,7-6+. The molecule has 12 heavy (non-hydrogen) atoms. The van der Waals surface area contributed by atoms with Gasteiger partial charge in [0.25, 0.3) is 0 Å². The van der Waals surface area contributed by atoms with Crippen molar-refractivity contribution < 1.29 is 9.90 Å². The summed E-state index contributed by atoms with van der Waals surface area (Å²) in [5.74, 6) is -0.787. The van der Waals surface area contributed by atoms with Gasteiger partial charge >= 0.3 is 5.97 Å². The fourth-order valence-corrected chi connectivity index (χ4v) is 0.918. The molecule has 0 amide bonds. The molecule has 0 unspecified atom stereocenters. The normalized spacial score (nSPS) is 12.0. The molecular weight excluding hydrogens is 174 g/mol. The maximum atomic E-state index is 10.2. The van der Waals surface area contributed by atoms with E-state index in [1.54, 1.807) is 6.20 Å². The first-order chi connectivity index (χ1) is 5.70. The van der Waals surface area contributed by atoms with E-state index in [9.17, 15) is 4.79 Å². The van der Waals surface area contributed by atoms with Crippen LogP contribution >= 0.6 is 12.8 Å². The van der Waals surface area contributed by atoms with E-state index < -0.39 is 5.97 Å². The van der Waals surface area contributed by atoms with Crippen molar-refractivity contribution in [3.8, 4) is 0 Å². The zero-order valence-corrected chi connectivity index (χ0v) is 7.84. The molecule has 0 aliphatic heterocycles. The molecular formula is C8H13NO2S. The number of nitrogens with one attached hydrogen (secondary N) is 1. The lowest BCUT2D eigenvalue weighted by Crippen LogP contribution is -1.96. The molecule has 0 aliphatic rings.